The Morgan fingerprint density at radius 3 is 2.61 bits per heavy atom. The molecule has 8 nitrogen and oxygen atoms in total. The smallest absolute Gasteiger partial charge is 0.324 e. The van der Waals surface area contributed by atoms with Gasteiger partial charge in [0.25, 0.3) is 0 Å². The minimum atomic E-state index is -1.20. The molecule has 0 spiro atoms. The lowest BCUT2D eigenvalue weighted by Gasteiger charge is -2.09. The van der Waals surface area contributed by atoms with E-state index < -0.39 is 18.0 Å². The molecule has 0 bridgehead atoms. The second kappa shape index (κ2) is 9.34. The minimum Gasteiger partial charge on any atom is -0.480 e. The van der Waals surface area contributed by atoms with Crippen molar-refractivity contribution < 1.29 is 19.4 Å². The molecule has 0 amide bonds. The fraction of sp³-hybridized carbons (Fsp3) is 0.800. The highest BCUT2D eigenvalue weighted by Gasteiger charge is 2.13. The maximum Gasteiger partial charge on any atom is 0.324 e. The number of ether oxygens (including phenoxy) is 1. The first kappa shape index (κ1) is 16.3. The maximum atomic E-state index is 11.2. The van der Waals surface area contributed by atoms with Crippen molar-refractivity contribution >= 4 is 11.9 Å². The summed E-state index contributed by atoms with van der Waals surface area (Å²) in [4.78, 5) is 31.5. The number of esters is 1. The van der Waals surface area contributed by atoms with Crippen LogP contribution in [0.2, 0.25) is 0 Å². The fourth-order valence-electron chi connectivity index (χ4n) is 1.15. The summed E-state index contributed by atoms with van der Waals surface area (Å²) < 4.78 is 4.69. The van der Waals surface area contributed by atoms with Gasteiger partial charge in [-0.05, 0) is 12.8 Å². The number of unbranched alkanes of at least 4 members (excludes halogenated alkanes) is 2. The Morgan fingerprint density at radius 2 is 2.06 bits per heavy atom. The van der Waals surface area contributed by atoms with Crippen LogP contribution in [0.5, 0.6) is 0 Å². The number of aliphatic carboxylic acids is 1. The second-order valence-electron chi connectivity index (χ2n) is 3.90. The van der Waals surface area contributed by atoms with Gasteiger partial charge in [-0.15, -0.1) is 4.91 Å². The molecule has 0 rings (SSSR count). The maximum absolute atomic E-state index is 11.2. The number of nitroso groups, excluding NO2 is 1. The van der Waals surface area contributed by atoms with Crippen LogP contribution in [-0.4, -0.2) is 48.3 Å². The van der Waals surface area contributed by atoms with Crippen LogP contribution in [0, 0.1) is 4.91 Å². The Morgan fingerprint density at radius 1 is 1.39 bits per heavy atom. The van der Waals surface area contributed by atoms with Crippen LogP contribution in [0.15, 0.2) is 5.29 Å². The van der Waals surface area contributed by atoms with E-state index in [0.29, 0.717) is 13.0 Å². The molecule has 0 saturated heterocycles. The van der Waals surface area contributed by atoms with Crippen molar-refractivity contribution in [1.29, 1.82) is 0 Å². The molecule has 0 fully saturated rings. The van der Waals surface area contributed by atoms with Crippen molar-refractivity contribution in [3.8, 4) is 0 Å². The summed E-state index contributed by atoms with van der Waals surface area (Å²) in [6, 6.07) is -1.18. The highest BCUT2D eigenvalue weighted by molar-refractivity contribution is 5.74. The number of nitrogens with zero attached hydrogens (tertiary/aromatic N) is 2. The van der Waals surface area contributed by atoms with E-state index in [1.165, 1.54) is 5.01 Å². The summed E-state index contributed by atoms with van der Waals surface area (Å²) in [5.41, 5.74) is 5.17. The minimum absolute atomic E-state index is 0.213. The van der Waals surface area contributed by atoms with Crippen molar-refractivity contribution in [2.75, 3.05) is 20.2 Å². The van der Waals surface area contributed by atoms with Crippen LogP contribution in [0.3, 0.4) is 0 Å². The Kier molecular flexibility index (Phi) is 8.46. The van der Waals surface area contributed by atoms with Crippen LogP contribution >= 0.6 is 0 Å². The molecule has 1 atom stereocenters. The van der Waals surface area contributed by atoms with Crippen LogP contribution in [0.25, 0.3) is 0 Å². The molecule has 0 aliphatic carbocycles. The average molecular weight is 261 g/mol. The molecule has 0 heterocycles. The topological polar surface area (TPSA) is 122 Å². The van der Waals surface area contributed by atoms with E-state index in [0.717, 1.165) is 12.8 Å². The van der Waals surface area contributed by atoms with Crippen molar-refractivity contribution in [2.45, 2.75) is 31.7 Å². The average Bonchev–Trinajstić information content (AvgIpc) is 2.34. The largest absolute Gasteiger partial charge is 0.480 e. The first-order valence-electron chi connectivity index (χ1n) is 5.65. The Hall–Kier alpha value is -1.70. The lowest BCUT2D eigenvalue weighted by Crippen LogP contribution is -2.35. The van der Waals surface area contributed by atoms with Crippen LogP contribution in [-0.2, 0) is 14.3 Å². The van der Waals surface area contributed by atoms with Crippen molar-refractivity contribution in [3.05, 3.63) is 4.91 Å². The summed E-state index contributed by atoms with van der Waals surface area (Å²) in [7, 11) is 1.58. The predicted molar refractivity (Wildman–Crippen MR) is 63.5 cm³/mol. The molecular weight excluding hydrogens is 242 g/mol. The third-order valence-electron chi connectivity index (χ3n) is 2.24. The lowest BCUT2D eigenvalue weighted by atomic mass is 10.2. The zero-order valence-corrected chi connectivity index (χ0v) is 10.4. The summed E-state index contributed by atoms with van der Waals surface area (Å²) in [6.07, 6.45) is 2.35. The molecule has 1 unspecified atom stereocenters. The highest BCUT2D eigenvalue weighted by atomic mass is 16.5. The molecule has 0 radical (unpaired) electrons. The molecule has 0 saturated carbocycles. The fourth-order valence-corrected chi connectivity index (χ4v) is 1.15. The van der Waals surface area contributed by atoms with Gasteiger partial charge in [-0.1, -0.05) is 6.42 Å². The molecule has 18 heavy (non-hydrogen) atoms. The lowest BCUT2D eigenvalue weighted by molar-refractivity contribution is -0.147. The Bertz CT molecular complexity index is 285. The quantitative estimate of drug-likeness (QED) is 0.248. The zero-order chi connectivity index (χ0) is 14.0. The summed E-state index contributed by atoms with van der Waals surface area (Å²) in [6.45, 7) is 0.231. The standard InChI is InChI=1S/C10H19N3O5/c1-13(12-17)6-4-2-3-5-9(14)18-7-8(11)10(15)16/h8H,2-7,11H2,1H3,(H,15,16). The van der Waals surface area contributed by atoms with Crippen LogP contribution < -0.4 is 5.73 Å². The number of carbonyl (C=O) groups is 2. The normalized spacial score (nSPS) is 11.7. The first-order valence-corrected chi connectivity index (χ1v) is 5.65. The van der Waals surface area contributed by atoms with Gasteiger partial charge in [0, 0.05) is 20.0 Å². The number of hydrogen-bond donors (Lipinski definition) is 2. The summed E-state index contributed by atoms with van der Waals surface area (Å²) in [5, 5.41) is 12.5. The van der Waals surface area contributed by atoms with Crippen molar-refractivity contribution in [2.24, 2.45) is 11.0 Å². The second-order valence-corrected chi connectivity index (χ2v) is 3.90. The zero-order valence-electron chi connectivity index (χ0n) is 10.4. The Labute approximate surface area is 105 Å². The van der Waals surface area contributed by atoms with E-state index in [1.807, 2.05) is 0 Å². The van der Waals surface area contributed by atoms with Gasteiger partial charge < -0.3 is 15.6 Å². The van der Waals surface area contributed by atoms with Gasteiger partial charge in [0.05, 0.1) is 5.29 Å². The number of carbonyl (C=O) groups excluding carboxylic acids is 1. The number of nitrogens with two attached hydrogens (primary N) is 1. The molecule has 3 N–H and O–H groups in total. The molecule has 0 aliphatic rings. The van der Waals surface area contributed by atoms with Gasteiger partial charge in [-0.3, -0.25) is 14.6 Å². The van der Waals surface area contributed by atoms with Gasteiger partial charge in [0.15, 0.2) is 0 Å². The number of rotatable bonds is 10. The third-order valence-corrected chi connectivity index (χ3v) is 2.24. The third kappa shape index (κ3) is 8.45. The molecular formula is C10H19N3O5. The summed E-state index contributed by atoms with van der Waals surface area (Å²) >= 11 is 0. The molecule has 0 aliphatic heterocycles. The van der Waals surface area contributed by atoms with Gasteiger partial charge >= 0.3 is 11.9 Å². The van der Waals surface area contributed by atoms with Gasteiger partial charge in [0.2, 0.25) is 0 Å². The van der Waals surface area contributed by atoms with E-state index in [9.17, 15) is 14.5 Å². The van der Waals surface area contributed by atoms with Crippen molar-refractivity contribution in [3.63, 3.8) is 0 Å². The van der Waals surface area contributed by atoms with Gasteiger partial charge in [0.1, 0.15) is 12.6 Å². The highest BCUT2D eigenvalue weighted by Crippen LogP contribution is 2.02. The predicted octanol–water partition coefficient (Wildman–Crippen LogP) is 0.115. The summed E-state index contributed by atoms with van der Waals surface area (Å²) in [5.74, 6) is -1.67. The Balaban J connectivity index is 3.48. The van der Waals surface area contributed by atoms with Crippen molar-refractivity contribution in [1.82, 2.24) is 5.01 Å². The monoisotopic (exact) mass is 261 g/mol. The van der Waals surface area contributed by atoms with Crippen LogP contribution in [0.4, 0.5) is 0 Å². The molecule has 0 aromatic carbocycles. The van der Waals surface area contributed by atoms with Crippen LogP contribution in [0.1, 0.15) is 25.7 Å². The van der Waals surface area contributed by atoms with E-state index >= 15 is 0 Å². The molecule has 0 aromatic rings. The molecule has 0 aromatic heterocycles. The molecule has 8 heteroatoms. The van der Waals surface area contributed by atoms with E-state index in [1.54, 1.807) is 7.05 Å². The number of carboxylic acid groups (broad SMARTS) is 1. The van der Waals surface area contributed by atoms with E-state index in [-0.39, 0.29) is 13.0 Å². The SMILES string of the molecule is CN(CCCCCC(=O)OCC(N)C(=O)O)N=O. The molecule has 104 valence electrons. The van der Waals surface area contributed by atoms with Gasteiger partial charge in [-0.2, -0.15) is 0 Å². The number of carboxylic acids is 1. The first-order chi connectivity index (χ1) is 8.47. The van der Waals surface area contributed by atoms with E-state index in [2.05, 4.69) is 5.29 Å². The number of hydrogen-bond acceptors (Lipinski definition) is 6. The van der Waals surface area contributed by atoms with E-state index in [4.69, 9.17) is 15.6 Å². The van der Waals surface area contributed by atoms with Gasteiger partial charge in [-0.25, -0.2) is 0 Å².